The Bertz CT molecular complexity index is 751. The molecule has 1 amide bonds. The SMILES string of the molecule is O=C(NC1(C(F)(F)F)CC1)c1nc(OCC2CC2)ccc1N1CC(F)(F)C1. The Kier molecular flexibility index (Phi) is 4.01. The maximum Gasteiger partial charge on any atom is 0.411 e. The first-order valence-corrected chi connectivity index (χ1v) is 8.74. The van der Waals surface area contributed by atoms with Gasteiger partial charge in [0, 0.05) is 6.07 Å². The Labute approximate surface area is 151 Å². The smallest absolute Gasteiger partial charge is 0.411 e. The van der Waals surface area contributed by atoms with Gasteiger partial charge in [-0.3, -0.25) is 4.79 Å². The van der Waals surface area contributed by atoms with E-state index in [2.05, 4.69) is 4.98 Å². The van der Waals surface area contributed by atoms with Crippen molar-refractivity contribution in [3.8, 4) is 5.88 Å². The van der Waals surface area contributed by atoms with Crippen molar-refractivity contribution in [2.45, 2.75) is 43.3 Å². The van der Waals surface area contributed by atoms with Gasteiger partial charge in [-0.25, -0.2) is 13.8 Å². The fourth-order valence-electron chi connectivity index (χ4n) is 2.99. The Morgan fingerprint density at radius 3 is 2.44 bits per heavy atom. The summed E-state index contributed by atoms with van der Waals surface area (Å²) >= 11 is 0. The molecule has 10 heteroatoms. The van der Waals surface area contributed by atoms with Crippen molar-refractivity contribution in [2.24, 2.45) is 5.92 Å². The Morgan fingerprint density at radius 1 is 1.26 bits per heavy atom. The first-order chi connectivity index (χ1) is 12.6. The minimum Gasteiger partial charge on any atom is -0.477 e. The van der Waals surface area contributed by atoms with Crippen molar-refractivity contribution in [2.75, 3.05) is 24.6 Å². The van der Waals surface area contributed by atoms with Gasteiger partial charge in [-0.2, -0.15) is 13.2 Å². The fourth-order valence-corrected chi connectivity index (χ4v) is 2.99. The van der Waals surface area contributed by atoms with Crippen LogP contribution < -0.4 is 15.0 Å². The lowest BCUT2D eigenvalue weighted by Gasteiger charge is -2.41. The lowest BCUT2D eigenvalue weighted by atomic mass is 10.1. The molecule has 2 saturated carbocycles. The Balaban J connectivity index is 1.57. The standard InChI is InChI=1S/C17H18F5N3O2/c18-16(19)8-25(9-16)11-3-4-12(27-7-10-1-2-10)23-13(11)14(26)24-15(5-6-15)17(20,21)22/h3-4,10H,1-2,5-9H2,(H,24,26). The molecule has 27 heavy (non-hydrogen) atoms. The summed E-state index contributed by atoms with van der Waals surface area (Å²) in [7, 11) is 0. The number of carbonyl (C=O) groups excluding carboxylic acids is 1. The van der Waals surface area contributed by atoms with Crippen LogP contribution in [-0.2, 0) is 0 Å². The van der Waals surface area contributed by atoms with E-state index in [1.807, 2.05) is 5.32 Å². The molecule has 2 heterocycles. The van der Waals surface area contributed by atoms with E-state index in [1.54, 1.807) is 0 Å². The van der Waals surface area contributed by atoms with E-state index < -0.39 is 36.6 Å². The van der Waals surface area contributed by atoms with Crippen LogP contribution in [0.25, 0.3) is 0 Å². The van der Waals surface area contributed by atoms with Gasteiger partial charge >= 0.3 is 6.18 Å². The number of hydrogen-bond donors (Lipinski definition) is 1. The van der Waals surface area contributed by atoms with Crippen molar-refractivity contribution in [1.82, 2.24) is 10.3 Å². The van der Waals surface area contributed by atoms with E-state index in [-0.39, 0.29) is 30.1 Å². The molecule has 0 spiro atoms. The van der Waals surface area contributed by atoms with Gasteiger partial charge < -0.3 is 15.0 Å². The summed E-state index contributed by atoms with van der Waals surface area (Å²) in [5.74, 6) is -3.41. The van der Waals surface area contributed by atoms with Gasteiger partial charge in [-0.1, -0.05) is 0 Å². The predicted molar refractivity (Wildman–Crippen MR) is 85.1 cm³/mol. The molecule has 0 radical (unpaired) electrons. The van der Waals surface area contributed by atoms with Crippen LogP contribution in [0, 0.1) is 5.92 Å². The summed E-state index contributed by atoms with van der Waals surface area (Å²) in [6, 6.07) is 2.84. The van der Waals surface area contributed by atoms with Crippen LogP contribution in [0.3, 0.4) is 0 Å². The predicted octanol–water partition coefficient (Wildman–Crippen LogP) is 3.15. The average molecular weight is 391 g/mol. The topological polar surface area (TPSA) is 54.5 Å². The molecule has 3 aliphatic rings. The third-order valence-electron chi connectivity index (χ3n) is 5.06. The molecule has 1 aliphatic heterocycles. The molecule has 3 fully saturated rings. The first-order valence-electron chi connectivity index (χ1n) is 8.74. The van der Waals surface area contributed by atoms with Gasteiger partial charge in [0.15, 0.2) is 5.69 Å². The zero-order valence-electron chi connectivity index (χ0n) is 14.3. The molecule has 1 N–H and O–H groups in total. The summed E-state index contributed by atoms with van der Waals surface area (Å²) in [5.41, 5.74) is -2.50. The van der Waals surface area contributed by atoms with Gasteiger partial charge in [-0.15, -0.1) is 0 Å². The maximum atomic E-state index is 13.2. The van der Waals surface area contributed by atoms with Crippen molar-refractivity contribution >= 4 is 11.6 Å². The molecular weight excluding hydrogens is 373 g/mol. The van der Waals surface area contributed by atoms with Crippen LogP contribution in [0.2, 0.25) is 0 Å². The molecule has 0 unspecified atom stereocenters. The van der Waals surface area contributed by atoms with E-state index in [0.717, 1.165) is 12.8 Å². The first kappa shape index (κ1) is 18.2. The number of halogens is 5. The van der Waals surface area contributed by atoms with Gasteiger partial charge in [0.2, 0.25) is 5.88 Å². The molecule has 2 aliphatic carbocycles. The van der Waals surface area contributed by atoms with Crippen LogP contribution in [0.1, 0.15) is 36.2 Å². The second-order valence-electron chi connectivity index (χ2n) is 7.52. The van der Waals surface area contributed by atoms with E-state index in [9.17, 15) is 26.7 Å². The van der Waals surface area contributed by atoms with Crippen LogP contribution in [0.15, 0.2) is 12.1 Å². The molecular formula is C17H18F5N3O2. The lowest BCUT2D eigenvalue weighted by molar-refractivity contribution is -0.163. The number of hydrogen-bond acceptors (Lipinski definition) is 4. The van der Waals surface area contributed by atoms with Crippen molar-refractivity contribution < 1.29 is 31.5 Å². The van der Waals surface area contributed by atoms with Gasteiger partial charge in [0.25, 0.3) is 11.8 Å². The molecule has 4 rings (SSSR count). The van der Waals surface area contributed by atoms with E-state index in [0.29, 0.717) is 12.5 Å². The van der Waals surface area contributed by atoms with E-state index in [4.69, 9.17) is 4.74 Å². The maximum absolute atomic E-state index is 13.2. The monoisotopic (exact) mass is 391 g/mol. The number of nitrogens with zero attached hydrogens (tertiary/aromatic N) is 2. The summed E-state index contributed by atoms with van der Waals surface area (Å²) in [5, 5.41) is 2.00. The number of rotatable bonds is 6. The Hall–Kier alpha value is -2.13. The van der Waals surface area contributed by atoms with Crippen molar-refractivity contribution in [3.63, 3.8) is 0 Å². The highest BCUT2D eigenvalue weighted by Gasteiger charge is 2.64. The largest absolute Gasteiger partial charge is 0.477 e. The number of aromatic nitrogens is 1. The number of alkyl halides is 5. The van der Waals surface area contributed by atoms with E-state index >= 15 is 0 Å². The summed E-state index contributed by atoms with van der Waals surface area (Å²) in [6.07, 6.45) is -2.94. The zero-order chi connectivity index (χ0) is 19.4. The third kappa shape index (κ3) is 3.66. The van der Waals surface area contributed by atoms with Crippen LogP contribution in [0.5, 0.6) is 5.88 Å². The molecule has 0 bridgehead atoms. The molecule has 0 aromatic carbocycles. The highest BCUT2D eigenvalue weighted by Crippen LogP contribution is 2.49. The van der Waals surface area contributed by atoms with Crippen molar-refractivity contribution in [1.29, 1.82) is 0 Å². The Morgan fingerprint density at radius 2 is 1.93 bits per heavy atom. The van der Waals surface area contributed by atoms with Gasteiger partial charge in [0.1, 0.15) is 5.54 Å². The number of anilines is 1. The molecule has 1 aromatic heterocycles. The molecule has 0 atom stereocenters. The van der Waals surface area contributed by atoms with Crippen LogP contribution in [0.4, 0.5) is 27.6 Å². The fraction of sp³-hybridized carbons (Fsp3) is 0.647. The minimum absolute atomic E-state index is 0.0789. The summed E-state index contributed by atoms with van der Waals surface area (Å²) < 4.78 is 71.3. The van der Waals surface area contributed by atoms with Crippen LogP contribution >= 0.6 is 0 Å². The molecule has 148 valence electrons. The molecule has 1 aromatic rings. The zero-order valence-corrected chi connectivity index (χ0v) is 14.3. The molecule has 1 saturated heterocycles. The van der Waals surface area contributed by atoms with Crippen molar-refractivity contribution in [3.05, 3.63) is 17.8 Å². The second-order valence-corrected chi connectivity index (χ2v) is 7.52. The number of carbonyl (C=O) groups is 1. The average Bonchev–Trinajstić information content (AvgIpc) is 3.44. The van der Waals surface area contributed by atoms with E-state index in [1.165, 1.54) is 17.0 Å². The number of nitrogens with one attached hydrogen (secondary N) is 1. The van der Waals surface area contributed by atoms with Crippen LogP contribution in [-0.4, -0.2) is 48.2 Å². The third-order valence-corrected chi connectivity index (χ3v) is 5.06. The number of ether oxygens (including phenoxy) is 1. The lowest BCUT2D eigenvalue weighted by Crippen LogP contribution is -2.57. The minimum atomic E-state index is -4.58. The number of pyridine rings is 1. The summed E-state index contributed by atoms with van der Waals surface area (Å²) in [4.78, 5) is 17.8. The normalized spacial score (nSPS) is 22.8. The second kappa shape index (κ2) is 5.93. The quantitative estimate of drug-likeness (QED) is 0.757. The number of amides is 1. The van der Waals surface area contributed by atoms with Gasteiger partial charge in [0.05, 0.1) is 25.4 Å². The molecule has 5 nitrogen and oxygen atoms in total. The summed E-state index contributed by atoms with van der Waals surface area (Å²) in [6.45, 7) is -0.815. The van der Waals surface area contributed by atoms with Gasteiger partial charge in [-0.05, 0) is 37.7 Å². The highest BCUT2D eigenvalue weighted by atomic mass is 19.4. The highest BCUT2D eigenvalue weighted by molar-refractivity contribution is 5.99.